The lowest BCUT2D eigenvalue weighted by Gasteiger charge is -2.33. The van der Waals surface area contributed by atoms with Gasteiger partial charge in [0.15, 0.2) is 0 Å². The molecule has 0 aromatic carbocycles. The molecule has 0 amide bonds. The average Bonchev–Trinajstić information content (AvgIpc) is 2.92. The highest BCUT2D eigenvalue weighted by molar-refractivity contribution is 5.76. The highest BCUT2D eigenvalue weighted by atomic mass is 16.4. The van der Waals surface area contributed by atoms with Crippen molar-refractivity contribution in [3.63, 3.8) is 0 Å². The molecule has 0 saturated heterocycles. The quantitative estimate of drug-likeness (QED) is 0.848. The van der Waals surface area contributed by atoms with E-state index in [-0.39, 0.29) is 5.92 Å². The Balaban J connectivity index is 2.47. The number of carboxylic acid groups (broad SMARTS) is 1. The molecule has 18 heavy (non-hydrogen) atoms. The van der Waals surface area contributed by atoms with Crippen LogP contribution in [0, 0.1) is 12.3 Å². The molecule has 0 bridgehead atoms. The van der Waals surface area contributed by atoms with Crippen LogP contribution in [-0.4, -0.2) is 27.4 Å². The number of hydrogen-bond donors (Lipinski definition) is 2. The number of carbonyl (C=O) groups is 1. The van der Waals surface area contributed by atoms with E-state index < -0.39 is 11.4 Å². The van der Waals surface area contributed by atoms with Crippen LogP contribution >= 0.6 is 0 Å². The fourth-order valence-corrected chi connectivity index (χ4v) is 3.37. The zero-order valence-electron chi connectivity index (χ0n) is 11.0. The second kappa shape index (κ2) is 4.72. The summed E-state index contributed by atoms with van der Waals surface area (Å²) in [7, 11) is 1.86. The summed E-state index contributed by atoms with van der Waals surface area (Å²) in [4.78, 5) is 11.8. The molecule has 2 rings (SSSR count). The van der Waals surface area contributed by atoms with E-state index in [1.807, 2.05) is 14.0 Å². The van der Waals surface area contributed by atoms with Gasteiger partial charge in [-0.25, -0.2) is 0 Å². The van der Waals surface area contributed by atoms with Crippen molar-refractivity contribution in [2.45, 2.75) is 38.5 Å². The van der Waals surface area contributed by atoms with Crippen LogP contribution in [0.15, 0.2) is 6.20 Å². The van der Waals surface area contributed by atoms with Crippen LogP contribution in [0.3, 0.4) is 0 Å². The summed E-state index contributed by atoms with van der Waals surface area (Å²) >= 11 is 0. The Bertz CT molecular complexity index is 428. The van der Waals surface area contributed by atoms with Crippen LogP contribution in [-0.2, 0) is 11.8 Å². The van der Waals surface area contributed by atoms with Gasteiger partial charge in [-0.1, -0.05) is 12.8 Å². The molecule has 0 spiro atoms. The lowest BCUT2D eigenvalue weighted by Crippen LogP contribution is -2.39. The van der Waals surface area contributed by atoms with E-state index in [9.17, 15) is 9.90 Å². The minimum atomic E-state index is -0.712. The molecule has 1 saturated carbocycles. The Morgan fingerprint density at radius 2 is 2.22 bits per heavy atom. The molecule has 100 valence electrons. The first-order chi connectivity index (χ1) is 8.53. The van der Waals surface area contributed by atoms with Gasteiger partial charge in [0.1, 0.15) is 0 Å². The molecule has 1 aliphatic rings. The van der Waals surface area contributed by atoms with Gasteiger partial charge in [0.05, 0.1) is 11.6 Å². The number of rotatable bonds is 4. The molecule has 1 aromatic rings. The van der Waals surface area contributed by atoms with Crippen LogP contribution in [0.2, 0.25) is 0 Å². The van der Waals surface area contributed by atoms with Crippen molar-refractivity contribution in [2.24, 2.45) is 18.2 Å². The first kappa shape index (κ1) is 13.1. The third-order valence-corrected chi connectivity index (χ3v) is 4.33. The summed E-state index contributed by atoms with van der Waals surface area (Å²) in [5.41, 5.74) is 7.20. The summed E-state index contributed by atoms with van der Waals surface area (Å²) < 4.78 is 1.77. The van der Waals surface area contributed by atoms with E-state index in [1.165, 1.54) is 0 Å². The second-order valence-corrected chi connectivity index (χ2v) is 5.29. The number of carboxylic acids is 1. The Morgan fingerprint density at radius 1 is 1.61 bits per heavy atom. The average molecular weight is 251 g/mol. The molecule has 1 aromatic heterocycles. The minimum Gasteiger partial charge on any atom is -0.481 e. The number of nitrogens with two attached hydrogens (primary N) is 1. The van der Waals surface area contributed by atoms with Gasteiger partial charge in [0.25, 0.3) is 0 Å². The number of aliphatic carboxylic acids is 1. The molecule has 1 fully saturated rings. The standard InChI is InChI=1S/C13H21N3O2/c1-9-8-15-16(2)11(9)10(7-14)13(12(17)18)5-3-4-6-13/h8,10H,3-7,14H2,1-2H3,(H,17,18)/t10-/m1/s1. The third kappa shape index (κ3) is 1.82. The van der Waals surface area contributed by atoms with Gasteiger partial charge in [0.2, 0.25) is 0 Å². The highest BCUT2D eigenvalue weighted by Gasteiger charge is 2.49. The number of nitrogens with zero attached hydrogens (tertiary/aromatic N) is 2. The number of aromatic nitrogens is 2. The van der Waals surface area contributed by atoms with Crippen molar-refractivity contribution in [1.82, 2.24) is 9.78 Å². The minimum absolute atomic E-state index is 0.148. The van der Waals surface area contributed by atoms with Crippen LogP contribution in [0.25, 0.3) is 0 Å². The van der Waals surface area contributed by atoms with E-state index in [2.05, 4.69) is 5.10 Å². The maximum Gasteiger partial charge on any atom is 0.310 e. The van der Waals surface area contributed by atoms with Gasteiger partial charge < -0.3 is 10.8 Å². The van der Waals surface area contributed by atoms with Crippen LogP contribution in [0.4, 0.5) is 0 Å². The monoisotopic (exact) mass is 251 g/mol. The summed E-state index contributed by atoms with van der Waals surface area (Å²) in [6, 6.07) is 0. The fraction of sp³-hybridized carbons (Fsp3) is 0.692. The molecule has 0 aliphatic heterocycles. The van der Waals surface area contributed by atoms with E-state index >= 15 is 0 Å². The number of aryl methyl sites for hydroxylation is 2. The van der Waals surface area contributed by atoms with E-state index in [0.29, 0.717) is 6.54 Å². The molecular formula is C13H21N3O2. The van der Waals surface area contributed by atoms with Crippen molar-refractivity contribution in [3.8, 4) is 0 Å². The zero-order valence-corrected chi connectivity index (χ0v) is 11.0. The molecule has 0 unspecified atom stereocenters. The lowest BCUT2D eigenvalue weighted by atomic mass is 9.71. The topological polar surface area (TPSA) is 81.1 Å². The van der Waals surface area contributed by atoms with Gasteiger partial charge in [0, 0.05) is 25.2 Å². The first-order valence-electron chi connectivity index (χ1n) is 6.45. The summed E-state index contributed by atoms with van der Waals surface area (Å²) in [5, 5.41) is 13.9. The van der Waals surface area contributed by atoms with Crippen molar-refractivity contribution >= 4 is 5.97 Å². The molecule has 5 heteroatoms. The maximum atomic E-state index is 11.8. The van der Waals surface area contributed by atoms with Crippen molar-refractivity contribution in [3.05, 3.63) is 17.5 Å². The molecule has 0 radical (unpaired) electrons. The lowest BCUT2D eigenvalue weighted by molar-refractivity contribution is -0.150. The smallest absolute Gasteiger partial charge is 0.310 e. The highest BCUT2D eigenvalue weighted by Crippen LogP contribution is 2.49. The maximum absolute atomic E-state index is 11.8. The summed E-state index contributed by atoms with van der Waals surface area (Å²) in [6.45, 7) is 2.32. The Morgan fingerprint density at radius 3 is 2.61 bits per heavy atom. The largest absolute Gasteiger partial charge is 0.481 e. The van der Waals surface area contributed by atoms with Crippen LogP contribution < -0.4 is 5.73 Å². The zero-order chi connectivity index (χ0) is 13.3. The molecule has 5 nitrogen and oxygen atoms in total. The molecular weight excluding hydrogens is 230 g/mol. The SMILES string of the molecule is Cc1cnn(C)c1[C@@H](CN)C1(C(=O)O)CCCC1. The van der Waals surface area contributed by atoms with Crippen molar-refractivity contribution in [1.29, 1.82) is 0 Å². The van der Waals surface area contributed by atoms with Gasteiger partial charge in [-0.05, 0) is 25.3 Å². The Hall–Kier alpha value is -1.36. The van der Waals surface area contributed by atoms with E-state index in [1.54, 1.807) is 10.9 Å². The normalized spacial score (nSPS) is 19.9. The molecule has 1 atom stereocenters. The second-order valence-electron chi connectivity index (χ2n) is 5.29. The van der Waals surface area contributed by atoms with E-state index in [4.69, 9.17) is 5.73 Å². The predicted octanol–water partition coefficient (Wildman–Crippen LogP) is 1.42. The van der Waals surface area contributed by atoms with Crippen molar-refractivity contribution in [2.75, 3.05) is 6.54 Å². The third-order valence-electron chi connectivity index (χ3n) is 4.33. The summed E-state index contributed by atoms with van der Waals surface area (Å²) in [5.74, 6) is -0.860. The van der Waals surface area contributed by atoms with Gasteiger partial charge in [-0.3, -0.25) is 9.48 Å². The molecule has 1 heterocycles. The molecule has 1 aliphatic carbocycles. The van der Waals surface area contributed by atoms with Gasteiger partial charge in [-0.15, -0.1) is 0 Å². The Labute approximate surface area is 107 Å². The van der Waals surface area contributed by atoms with E-state index in [0.717, 1.165) is 36.9 Å². The van der Waals surface area contributed by atoms with Gasteiger partial charge in [-0.2, -0.15) is 5.10 Å². The Kier molecular flexibility index (Phi) is 3.43. The summed E-state index contributed by atoms with van der Waals surface area (Å²) in [6.07, 6.45) is 5.16. The predicted molar refractivity (Wildman–Crippen MR) is 68.3 cm³/mol. The number of hydrogen-bond acceptors (Lipinski definition) is 3. The molecule has 3 N–H and O–H groups in total. The van der Waals surface area contributed by atoms with Gasteiger partial charge >= 0.3 is 5.97 Å². The first-order valence-corrected chi connectivity index (χ1v) is 6.45. The van der Waals surface area contributed by atoms with Crippen molar-refractivity contribution < 1.29 is 9.90 Å². The fourth-order valence-electron chi connectivity index (χ4n) is 3.37. The van der Waals surface area contributed by atoms with Crippen LogP contribution in [0.5, 0.6) is 0 Å². The van der Waals surface area contributed by atoms with Crippen LogP contribution in [0.1, 0.15) is 42.9 Å².